The first-order valence-corrected chi connectivity index (χ1v) is 8.50. The number of amides is 1. The molecule has 0 bridgehead atoms. The van der Waals surface area contributed by atoms with Gasteiger partial charge in [0.05, 0.1) is 0 Å². The van der Waals surface area contributed by atoms with Crippen LogP contribution in [0.5, 0.6) is 0 Å². The quantitative estimate of drug-likeness (QED) is 0.798. The first kappa shape index (κ1) is 15.4. The number of aromatic nitrogens is 1. The number of hydrogen-bond donors (Lipinski definition) is 2. The number of fused-ring (bicyclic) bond motifs is 1. The Morgan fingerprint density at radius 1 is 1.33 bits per heavy atom. The number of carbonyl (C=O) groups is 1. The van der Waals surface area contributed by atoms with Crippen LogP contribution in [0.3, 0.4) is 0 Å². The van der Waals surface area contributed by atoms with E-state index in [0.29, 0.717) is 30.2 Å². The van der Waals surface area contributed by atoms with E-state index in [4.69, 9.17) is 0 Å². The van der Waals surface area contributed by atoms with E-state index in [-0.39, 0.29) is 5.91 Å². The molecule has 0 aliphatic rings. The highest BCUT2D eigenvalue weighted by Crippen LogP contribution is 2.21. The Hall–Kier alpha value is -1.95. The Morgan fingerprint density at radius 2 is 2.10 bits per heavy atom. The second kappa shape index (κ2) is 7.17. The lowest BCUT2D eigenvalue weighted by Gasteiger charge is -2.09. The fourth-order valence-corrected chi connectivity index (χ4v) is 2.62. The average Bonchev–Trinajstić information content (AvgIpc) is 2.50. The van der Waals surface area contributed by atoms with Crippen LogP contribution in [0, 0.1) is 0 Å². The predicted molar refractivity (Wildman–Crippen MR) is 87.2 cm³/mol. The van der Waals surface area contributed by atoms with Crippen molar-refractivity contribution in [3.63, 3.8) is 0 Å². The van der Waals surface area contributed by atoms with Crippen LogP contribution in [0.15, 0.2) is 30.3 Å². The molecule has 1 amide bonds. The summed E-state index contributed by atoms with van der Waals surface area (Å²) in [5.74, 6) is 1.07. The van der Waals surface area contributed by atoms with Crippen molar-refractivity contribution in [2.45, 2.75) is 6.42 Å². The van der Waals surface area contributed by atoms with E-state index in [1.807, 2.05) is 24.3 Å². The molecule has 2 rings (SSSR count). The Balaban J connectivity index is 2.14. The Bertz CT molecular complexity index is 673. The predicted octanol–water partition coefficient (Wildman–Crippen LogP) is 1.77. The summed E-state index contributed by atoms with van der Waals surface area (Å²) in [5.41, 5.74) is 0.385. The number of carbonyl (C=O) groups excluding carboxylic acids is 1. The number of hydrogen-bond acceptors (Lipinski definition) is 4. The molecule has 112 valence electrons. The minimum absolute atomic E-state index is 0.209. The molecule has 0 aliphatic carbocycles. The fourth-order valence-electron chi connectivity index (χ4n) is 2.07. The van der Waals surface area contributed by atoms with Gasteiger partial charge in [-0.05, 0) is 17.9 Å². The molecule has 5 nitrogen and oxygen atoms in total. The summed E-state index contributed by atoms with van der Waals surface area (Å²) < 4.78 is 11.0. The van der Waals surface area contributed by atoms with Crippen LogP contribution >= 0.6 is 0 Å². The lowest BCUT2D eigenvalue weighted by atomic mass is 10.1. The summed E-state index contributed by atoms with van der Waals surface area (Å²) in [7, 11) is 0.959. The third-order valence-electron chi connectivity index (χ3n) is 3.10. The zero-order valence-electron chi connectivity index (χ0n) is 12.2. The zero-order valence-corrected chi connectivity index (χ0v) is 13.0. The van der Waals surface area contributed by atoms with Gasteiger partial charge in [0, 0.05) is 41.8 Å². The number of pyridine rings is 1. The molecular weight excluding hydrogens is 286 g/mol. The number of nitrogens with one attached hydrogen (secondary N) is 2. The van der Waals surface area contributed by atoms with Crippen molar-refractivity contribution in [2.75, 3.05) is 30.9 Å². The molecule has 1 aromatic carbocycles. The van der Waals surface area contributed by atoms with Crippen LogP contribution in [-0.2, 0) is 10.8 Å². The van der Waals surface area contributed by atoms with Gasteiger partial charge in [0.2, 0.25) is 0 Å². The van der Waals surface area contributed by atoms with Crippen LogP contribution in [0.25, 0.3) is 10.8 Å². The van der Waals surface area contributed by atoms with Gasteiger partial charge < -0.3 is 10.6 Å². The van der Waals surface area contributed by atoms with E-state index >= 15 is 0 Å². The number of anilines is 1. The molecule has 0 radical (unpaired) electrons. The van der Waals surface area contributed by atoms with Gasteiger partial charge in [0.15, 0.2) is 0 Å². The molecular formula is C15H19N3O2S. The molecule has 6 heteroatoms. The van der Waals surface area contributed by atoms with Crippen LogP contribution in [-0.4, -0.2) is 40.7 Å². The van der Waals surface area contributed by atoms with E-state index in [9.17, 15) is 9.00 Å². The van der Waals surface area contributed by atoms with Crippen LogP contribution < -0.4 is 10.6 Å². The van der Waals surface area contributed by atoms with Crippen molar-refractivity contribution >= 4 is 33.3 Å². The lowest BCUT2D eigenvalue weighted by Crippen LogP contribution is -2.26. The second-order valence-corrected chi connectivity index (χ2v) is 6.27. The van der Waals surface area contributed by atoms with Gasteiger partial charge in [0.25, 0.3) is 5.91 Å². The molecule has 0 spiro atoms. The second-order valence-electron chi connectivity index (χ2n) is 4.71. The number of benzene rings is 1. The maximum Gasteiger partial charge on any atom is 0.269 e. The van der Waals surface area contributed by atoms with Gasteiger partial charge in [-0.1, -0.05) is 24.3 Å². The van der Waals surface area contributed by atoms with E-state index in [1.54, 1.807) is 19.4 Å². The molecule has 0 fully saturated rings. The molecule has 1 heterocycles. The minimum Gasteiger partial charge on any atom is -0.373 e. The third-order valence-corrected chi connectivity index (χ3v) is 3.97. The average molecular weight is 305 g/mol. The van der Waals surface area contributed by atoms with Gasteiger partial charge in [-0.15, -0.1) is 0 Å². The largest absolute Gasteiger partial charge is 0.373 e. The summed E-state index contributed by atoms with van der Waals surface area (Å²) in [6.45, 7) is 0.502. The molecule has 0 saturated carbocycles. The highest BCUT2D eigenvalue weighted by atomic mass is 32.2. The number of nitrogens with zero attached hydrogens (tertiary/aromatic N) is 1. The lowest BCUT2D eigenvalue weighted by molar-refractivity contribution is 0.0949. The zero-order chi connectivity index (χ0) is 15.2. The van der Waals surface area contributed by atoms with Gasteiger partial charge in [-0.2, -0.15) is 0 Å². The first-order chi connectivity index (χ1) is 10.1. The van der Waals surface area contributed by atoms with Crippen molar-refractivity contribution in [3.8, 4) is 0 Å². The summed E-state index contributed by atoms with van der Waals surface area (Å²) in [4.78, 5) is 16.5. The fraction of sp³-hybridized carbons (Fsp3) is 0.333. The van der Waals surface area contributed by atoms with Crippen LogP contribution in [0.1, 0.15) is 16.9 Å². The summed E-state index contributed by atoms with van der Waals surface area (Å²) in [6.07, 6.45) is 2.35. The molecule has 1 atom stereocenters. The van der Waals surface area contributed by atoms with Crippen molar-refractivity contribution < 1.29 is 9.00 Å². The van der Waals surface area contributed by atoms with Gasteiger partial charge in [-0.25, -0.2) is 4.98 Å². The van der Waals surface area contributed by atoms with Gasteiger partial charge >= 0.3 is 0 Å². The van der Waals surface area contributed by atoms with E-state index in [0.717, 1.165) is 10.8 Å². The van der Waals surface area contributed by atoms with Crippen molar-refractivity contribution in [1.82, 2.24) is 10.3 Å². The summed E-state index contributed by atoms with van der Waals surface area (Å²) in [6, 6.07) is 9.57. The standard InChI is InChI=1S/C15H19N3O2S/c1-16-14-12-7-4-3-6-11(12)10-13(18-14)15(19)17-8-5-9-21(2)20/h3-4,6-7,10H,5,8-9H2,1-2H3,(H,16,18)(H,17,19). The summed E-state index contributed by atoms with van der Waals surface area (Å²) in [5, 5.41) is 7.78. The SMILES string of the molecule is CNc1nc(C(=O)NCCCS(C)=O)cc2ccccc12. The van der Waals surface area contributed by atoms with Crippen molar-refractivity contribution in [1.29, 1.82) is 0 Å². The van der Waals surface area contributed by atoms with E-state index in [2.05, 4.69) is 15.6 Å². The topological polar surface area (TPSA) is 71.1 Å². The smallest absolute Gasteiger partial charge is 0.269 e. The number of rotatable bonds is 6. The monoisotopic (exact) mass is 305 g/mol. The molecule has 1 unspecified atom stereocenters. The van der Waals surface area contributed by atoms with Crippen molar-refractivity contribution in [3.05, 3.63) is 36.0 Å². The molecule has 0 saturated heterocycles. The molecule has 0 aliphatic heterocycles. The molecule has 21 heavy (non-hydrogen) atoms. The Morgan fingerprint density at radius 3 is 2.81 bits per heavy atom. The third kappa shape index (κ3) is 4.01. The normalized spacial score (nSPS) is 12.1. The highest BCUT2D eigenvalue weighted by molar-refractivity contribution is 7.84. The van der Waals surface area contributed by atoms with E-state index < -0.39 is 10.8 Å². The van der Waals surface area contributed by atoms with Gasteiger partial charge in [-0.3, -0.25) is 9.00 Å². The molecule has 2 aromatic rings. The van der Waals surface area contributed by atoms with Crippen LogP contribution in [0.2, 0.25) is 0 Å². The Kier molecular flexibility index (Phi) is 5.27. The Labute approximate surface area is 126 Å². The highest BCUT2D eigenvalue weighted by Gasteiger charge is 2.11. The van der Waals surface area contributed by atoms with Gasteiger partial charge in [0.1, 0.15) is 11.5 Å². The molecule has 1 aromatic heterocycles. The van der Waals surface area contributed by atoms with E-state index in [1.165, 1.54) is 0 Å². The van der Waals surface area contributed by atoms with Crippen molar-refractivity contribution in [2.24, 2.45) is 0 Å². The maximum absolute atomic E-state index is 12.1. The van der Waals surface area contributed by atoms with Crippen LogP contribution in [0.4, 0.5) is 5.82 Å². The summed E-state index contributed by atoms with van der Waals surface area (Å²) >= 11 is 0. The maximum atomic E-state index is 12.1. The molecule has 2 N–H and O–H groups in total. The first-order valence-electron chi connectivity index (χ1n) is 6.77. The minimum atomic E-state index is -0.825.